The Morgan fingerprint density at radius 3 is 2.66 bits per heavy atom. The molecular formula is C27H31NO7. The van der Waals surface area contributed by atoms with Crippen molar-refractivity contribution in [2.24, 2.45) is 0 Å². The lowest BCUT2D eigenvalue weighted by molar-refractivity contribution is -0.140. The monoisotopic (exact) mass is 481 g/mol. The number of aliphatic hydroxyl groups excluding tert-OH is 1. The van der Waals surface area contributed by atoms with Crippen molar-refractivity contribution in [1.82, 2.24) is 4.90 Å². The summed E-state index contributed by atoms with van der Waals surface area (Å²) in [6.07, 6.45) is 1.30. The van der Waals surface area contributed by atoms with E-state index in [9.17, 15) is 14.7 Å². The molecule has 2 aliphatic rings. The van der Waals surface area contributed by atoms with E-state index in [1.165, 1.54) is 12.0 Å². The van der Waals surface area contributed by atoms with E-state index in [1.54, 1.807) is 37.4 Å². The van der Waals surface area contributed by atoms with Crippen LogP contribution in [0.5, 0.6) is 17.2 Å². The Balaban J connectivity index is 1.82. The van der Waals surface area contributed by atoms with Crippen LogP contribution < -0.4 is 14.2 Å². The number of hydrogen-bond acceptors (Lipinski definition) is 7. The van der Waals surface area contributed by atoms with Gasteiger partial charge in [0.25, 0.3) is 11.7 Å². The minimum atomic E-state index is -0.778. The van der Waals surface area contributed by atoms with Gasteiger partial charge in [0.15, 0.2) is 11.5 Å². The SMILES string of the molecule is CCOc1ccc([C@H]2C(=C(O)c3ccc4c(c3)C[C@@H](C)O4)C(=O)C(=O)N2CCCOC)cc1OC. The Morgan fingerprint density at radius 1 is 1.14 bits per heavy atom. The smallest absolute Gasteiger partial charge is 0.295 e. The number of ether oxygens (including phenoxy) is 4. The minimum Gasteiger partial charge on any atom is -0.507 e. The van der Waals surface area contributed by atoms with Gasteiger partial charge >= 0.3 is 0 Å². The summed E-state index contributed by atoms with van der Waals surface area (Å²) in [7, 11) is 3.12. The fraction of sp³-hybridized carbons (Fsp3) is 0.407. The molecule has 2 aliphatic heterocycles. The van der Waals surface area contributed by atoms with Gasteiger partial charge in [0, 0.05) is 32.2 Å². The molecule has 2 atom stereocenters. The standard InChI is InChI=1S/C27H31NO7/c1-5-34-21-10-7-17(15-22(21)33-4)24-23(26(30)27(31)28(24)11-6-12-32-3)25(29)18-8-9-20-19(14-18)13-16(2)35-20/h7-10,14-16,24,29H,5-6,11-13H2,1-4H3/t16-,24+/m1/s1. The number of rotatable bonds is 9. The summed E-state index contributed by atoms with van der Waals surface area (Å²) in [6, 6.07) is 9.83. The topological polar surface area (TPSA) is 94.5 Å². The number of carbonyl (C=O) groups excluding carboxylic acids is 2. The number of carbonyl (C=O) groups is 2. The first kappa shape index (κ1) is 24.6. The summed E-state index contributed by atoms with van der Waals surface area (Å²) in [4.78, 5) is 27.8. The quantitative estimate of drug-likeness (QED) is 0.251. The summed E-state index contributed by atoms with van der Waals surface area (Å²) in [6.45, 7) is 5.05. The van der Waals surface area contributed by atoms with Crippen molar-refractivity contribution >= 4 is 17.4 Å². The molecule has 0 aromatic heterocycles. The van der Waals surface area contributed by atoms with E-state index >= 15 is 0 Å². The Labute approximate surface area is 205 Å². The summed E-state index contributed by atoms with van der Waals surface area (Å²) in [5.41, 5.74) is 2.11. The fourth-order valence-corrected chi connectivity index (χ4v) is 4.69. The van der Waals surface area contributed by atoms with E-state index in [1.807, 2.05) is 19.9 Å². The first-order chi connectivity index (χ1) is 16.9. The molecule has 1 amide bonds. The van der Waals surface area contributed by atoms with Gasteiger partial charge in [-0.05, 0) is 61.7 Å². The average molecular weight is 482 g/mol. The van der Waals surface area contributed by atoms with Crippen molar-refractivity contribution in [2.75, 3.05) is 34.0 Å². The molecule has 0 bridgehead atoms. The number of methoxy groups -OCH3 is 2. The summed E-state index contributed by atoms with van der Waals surface area (Å²) in [5, 5.41) is 11.4. The molecule has 0 aliphatic carbocycles. The zero-order valence-electron chi connectivity index (χ0n) is 20.5. The number of benzene rings is 2. The maximum atomic E-state index is 13.2. The molecule has 8 nitrogen and oxygen atoms in total. The summed E-state index contributed by atoms with van der Waals surface area (Å²) < 4.78 is 22.0. The van der Waals surface area contributed by atoms with E-state index in [0.29, 0.717) is 55.2 Å². The van der Waals surface area contributed by atoms with Crippen LogP contribution in [0.25, 0.3) is 5.76 Å². The molecule has 1 N–H and O–H groups in total. The van der Waals surface area contributed by atoms with E-state index in [-0.39, 0.29) is 17.4 Å². The molecule has 2 heterocycles. The molecule has 2 aromatic carbocycles. The fourth-order valence-electron chi connectivity index (χ4n) is 4.69. The highest BCUT2D eigenvalue weighted by atomic mass is 16.5. The molecule has 0 spiro atoms. The van der Waals surface area contributed by atoms with E-state index in [2.05, 4.69) is 0 Å². The number of fused-ring (bicyclic) bond motifs is 1. The number of hydrogen-bond donors (Lipinski definition) is 1. The Hall–Kier alpha value is -3.52. The lowest BCUT2D eigenvalue weighted by atomic mass is 9.94. The Bertz CT molecular complexity index is 1160. The van der Waals surface area contributed by atoms with Crippen LogP contribution in [0, 0.1) is 0 Å². The van der Waals surface area contributed by atoms with Crippen LogP contribution in [-0.4, -0.2) is 61.8 Å². The predicted molar refractivity (Wildman–Crippen MR) is 130 cm³/mol. The molecule has 186 valence electrons. The lowest BCUT2D eigenvalue weighted by Crippen LogP contribution is -2.31. The minimum absolute atomic E-state index is 0.0464. The number of aliphatic hydroxyl groups is 1. The van der Waals surface area contributed by atoms with Gasteiger partial charge in [-0.2, -0.15) is 0 Å². The van der Waals surface area contributed by atoms with Crippen LogP contribution in [0.2, 0.25) is 0 Å². The van der Waals surface area contributed by atoms with Crippen LogP contribution in [0.1, 0.15) is 43.0 Å². The maximum absolute atomic E-state index is 13.2. The van der Waals surface area contributed by atoms with Gasteiger partial charge in [0.05, 0.1) is 25.3 Å². The molecule has 8 heteroatoms. The van der Waals surface area contributed by atoms with Gasteiger partial charge in [-0.3, -0.25) is 9.59 Å². The zero-order chi connectivity index (χ0) is 25.1. The number of nitrogens with zero attached hydrogens (tertiary/aromatic N) is 1. The van der Waals surface area contributed by atoms with Crippen molar-refractivity contribution in [3.05, 3.63) is 58.7 Å². The Kier molecular flexibility index (Phi) is 7.31. The predicted octanol–water partition coefficient (Wildman–Crippen LogP) is 3.88. The highest BCUT2D eigenvalue weighted by Gasteiger charge is 2.46. The molecule has 1 fully saturated rings. The third-order valence-corrected chi connectivity index (χ3v) is 6.26. The molecule has 2 aromatic rings. The van der Waals surface area contributed by atoms with Crippen LogP contribution in [-0.2, 0) is 20.7 Å². The normalized spacial score (nSPS) is 20.6. The third-order valence-electron chi connectivity index (χ3n) is 6.26. The number of amides is 1. The van der Waals surface area contributed by atoms with Crippen LogP contribution in [0.15, 0.2) is 42.0 Å². The van der Waals surface area contributed by atoms with Gasteiger partial charge in [-0.1, -0.05) is 6.07 Å². The molecule has 0 saturated carbocycles. The molecule has 35 heavy (non-hydrogen) atoms. The highest BCUT2D eigenvalue weighted by Crippen LogP contribution is 2.42. The molecular weight excluding hydrogens is 450 g/mol. The van der Waals surface area contributed by atoms with E-state index < -0.39 is 17.7 Å². The molecule has 1 saturated heterocycles. The van der Waals surface area contributed by atoms with Crippen molar-refractivity contribution in [2.45, 2.75) is 38.8 Å². The summed E-state index contributed by atoms with van der Waals surface area (Å²) >= 11 is 0. The third kappa shape index (κ3) is 4.71. The van der Waals surface area contributed by atoms with Gasteiger partial charge in [-0.15, -0.1) is 0 Å². The van der Waals surface area contributed by atoms with Crippen LogP contribution in [0.4, 0.5) is 0 Å². The largest absolute Gasteiger partial charge is 0.507 e. The maximum Gasteiger partial charge on any atom is 0.295 e. The van der Waals surface area contributed by atoms with Crippen molar-refractivity contribution in [3.63, 3.8) is 0 Å². The average Bonchev–Trinajstić information content (AvgIpc) is 3.35. The summed E-state index contributed by atoms with van der Waals surface area (Å²) in [5.74, 6) is 0.222. The van der Waals surface area contributed by atoms with Crippen LogP contribution in [0.3, 0.4) is 0 Å². The molecule has 4 rings (SSSR count). The number of ketones is 1. The second-order valence-electron chi connectivity index (χ2n) is 8.64. The van der Waals surface area contributed by atoms with Crippen molar-refractivity contribution in [3.8, 4) is 17.2 Å². The zero-order valence-corrected chi connectivity index (χ0v) is 20.5. The van der Waals surface area contributed by atoms with Gasteiger partial charge < -0.3 is 29.0 Å². The number of Topliss-reactive ketones (excluding diaryl/α,β-unsaturated/α-hetero) is 1. The first-order valence-corrected chi connectivity index (χ1v) is 11.8. The van der Waals surface area contributed by atoms with Gasteiger partial charge in [0.1, 0.15) is 17.6 Å². The van der Waals surface area contributed by atoms with Crippen LogP contribution >= 0.6 is 0 Å². The van der Waals surface area contributed by atoms with Crippen molar-refractivity contribution < 1.29 is 33.6 Å². The highest BCUT2D eigenvalue weighted by molar-refractivity contribution is 6.46. The Morgan fingerprint density at radius 2 is 1.94 bits per heavy atom. The number of likely N-dealkylation sites (tertiary alicyclic amines) is 1. The first-order valence-electron chi connectivity index (χ1n) is 11.8. The lowest BCUT2D eigenvalue weighted by Gasteiger charge is -2.26. The molecule has 0 radical (unpaired) electrons. The van der Waals surface area contributed by atoms with Crippen molar-refractivity contribution in [1.29, 1.82) is 0 Å². The van der Waals surface area contributed by atoms with E-state index in [0.717, 1.165) is 11.3 Å². The second kappa shape index (κ2) is 10.4. The van der Waals surface area contributed by atoms with E-state index in [4.69, 9.17) is 18.9 Å². The van der Waals surface area contributed by atoms with Gasteiger partial charge in [-0.25, -0.2) is 0 Å². The second-order valence-corrected chi connectivity index (χ2v) is 8.64. The van der Waals surface area contributed by atoms with Gasteiger partial charge in [0.2, 0.25) is 0 Å². The molecule has 0 unspecified atom stereocenters.